The molecule has 0 spiro atoms. The van der Waals surface area contributed by atoms with Gasteiger partial charge in [0.2, 0.25) is 0 Å². The van der Waals surface area contributed by atoms with E-state index in [1.54, 1.807) is 25.1 Å². The average Bonchev–Trinajstić information content (AvgIpc) is 3.15. The first kappa shape index (κ1) is 25.7. The molecule has 1 N–H and O–H groups in total. The van der Waals surface area contributed by atoms with Gasteiger partial charge in [-0.05, 0) is 57.0 Å². The van der Waals surface area contributed by atoms with Crippen LogP contribution < -0.4 is 4.74 Å². The van der Waals surface area contributed by atoms with Crippen LogP contribution in [0.15, 0.2) is 42.5 Å². The molecule has 3 rings (SSSR count). The van der Waals surface area contributed by atoms with Gasteiger partial charge in [0.1, 0.15) is 10.8 Å². The molecule has 3 aromatic rings. The second-order valence-electron chi connectivity index (χ2n) is 8.11. The summed E-state index contributed by atoms with van der Waals surface area (Å²) in [4.78, 5) is 28.8. The van der Waals surface area contributed by atoms with Gasteiger partial charge >= 0.3 is 12.1 Å². The predicted octanol–water partition coefficient (Wildman–Crippen LogP) is 6.85. The van der Waals surface area contributed by atoms with E-state index in [1.165, 1.54) is 26.0 Å². The Labute approximate surface area is 203 Å². The second-order valence-corrected chi connectivity index (χ2v) is 9.52. The number of Topliss-reactive ketones (excluding diaryl/α,β-unsaturated/α-hetero) is 1. The van der Waals surface area contributed by atoms with Crippen LogP contribution in [0.2, 0.25) is 5.02 Å². The van der Waals surface area contributed by atoms with Gasteiger partial charge in [0.25, 0.3) is 0 Å². The van der Waals surface area contributed by atoms with Crippen molar-refractivity contribution in [3.8, 4) is 16.3 Å². The van der Waals surface area contributed by atoms with Crippen LogP contribution >= 0.6 is 22.9 Å². The van der Waals surface area contributed by atoms with Crippen LogP contribution in [0.4, 0.5) is 13.2 Å². The number of rotatable bonds is 8. The van der Waals surface area contributed by atoms with Gasteiger partial charge in [0.15, 0.2) is 11.4 Å². The van der Waals surface area contributed by atoms with E-state index in [1.807, 2.05) is 0 Å². The maximum absolute atomic E-state index is 12.8. The Morgan fingerprint density at radius 2 is 1.76 bits per heavy atom. The van der Waals surface area contributed by atoms with Crippen molar-refractivity contribution >= 4 is 34.7 Å². The molecule has 0 aliphatic rings. The lowest BCUT2D eigenvalue weighted by atomic mass is 10.1. The number of aryl methyl sites for hydroxylation is 2. The number of aliphatic carboxylic acids is 1. The van der Waals surface area contributed by atoms with Crippen molar-refractivity contribution in [1.82, 2.24) is 4.98 Å². The van der Waals surface area contributed by atoms with Gasteiger partial charge in [-0.3, -0.25) is 4.79 Å². The minimum absolute atomic E-state index is 0.142. The number of carboxylic acid groups (broad SMARTS) is 1. The molecule has 34 heavy (non-hydrogen) atoms. The molecule has 0 radical (unpaired) electrons. The fourth-order valence-corrected chi connectivity index (χ4v) is 4.33. The molecule has 0 aliphatic heterocycles. The van der Waals surface area contributed by atoms with Crippen LogP contribution in [-0.2, 0) is 17.4 Å². The third kappa shape index (κ3) is 5.95. The number of nitrogens with zero attached hydrogens (tertiary/aromatic N) is 1. The number of aromatic nitrogens is 1. The van der Waals surface area contributed by atoms with Crippen molar-refractivity contribution in [2.24, 2.45) is 0 Å². The lowest BCUT2D eigenvalue weighted by Gasteiger charge is -2.22. The van der Waals surface area contributed by atoms with Gasteiger partial charge in [0.05, 0.1) is 21.2 Å². The summed E-state index contributed by atoms with van der Waals surface area (Å²) in [5.41, 5.74) is -0.406. The maximum Gasteiger partial charge on any atom is 0.416 e. The summed E-state index contributed by atoms with van der Waals surface area (Å²) in [6.07, 6.45) is -3.86. The van der Waals surface area contributed by atoms with Crippen LogP contribution in [0, 0.1) is 6.92 Å². The van der Waals surface area contributed by atoms with Crippen LogP contribution in [-0.4, -0.2) is 27.4 Å². The average molecular weight is 512 g/mol. The summed E-state index contributed by atoms with van der Waals surface area (Å²) in [6, 6.07) is 9.55. The fourth-order valence-electron chi connectivity index (χ4n) is 3.05. The van der Waals surface area contributed by atoms with Crippen molar-refractivity contribution in [3.63, 3.8) is 0 Å². The highest BCUT2D eigenvalue weighted by Gasteiger charge is 2.31. The highest BCUT2D eigenvalue weighted by atomic mass is 35.5. The largest absolute Gasteiger partial charge is 0.478 e. The molecule has 5 nitrogen and oxygen atoms in total. The number of hydrogen-bond donors (Lipinski definition) is 1. The molecular formula is C24H21ClF3NO4S. The normalized spacial score (nSPS) is 12.0. The zero-order valence-corrected chi connectivity index (χ0v) is 20.1. The van der Waals surface area contributed by atoms with Gasteiger partial charge in [0, 0.05) is 12.0 Å². The quantitative estimate of drug-likeness (QED) is 0.335. The summed E-state index contributed by atoms with van der Waals surface area (Å²) in [7, 11) is 0. The summed E-state index contributed by atoms with van der Waals surface area (Å²) >= 11 is 7.37. The maximum atomic E-state index is 12.8. The summed E-state index contributed by atoms with van der Waals surface area (Å²) in [5, 5.41) is 9.89. The van der Waals surface area contributed by atoms with E-state index in [0.29, 0.717) is 27.6 Å². The fraction of sp³-hybridized carbons (Fsp3) is 0.292. The molecule has 180 valence electrons. The van der Waals surface area contributed by atoms with Gasteiger partial charge in [-0.15, -0.1) is 11.3 Å². The van der Waals surface area contributed by atoms with Crippen LogP contribution in [0.3, 0.4) is 0 Å². The zero-order chi connectivity index (χ0) is 25.3. The molecule has 0 bridgehead atoms. The molecule has 0 atom stereocenters. The summed E-state index contributed by atoms with van der Waals surface area (Å²) in [5.74, 6) is -1.05. The van der Waals surface area contributed by atoms with Crippen molar-refractivity contribution < 1.29 is 32.6 Å². The number of carboxylic acids is 1. The molecule has 0 aliphatic carbocycles. The minimum Gasteiger partial charge on any atom is -0.478 e. The SMILES string of the molecule is Cc1nc(-c2ccc(C(F)(F)F)cc2)sc1C(=O)CCc1ccc(OC(C)(C)C(=O)O)c(Cl)c1. The highest BCUT2D eigenvalue weighted by molar-refractivity contribution is 7.17. The number of thiazole rings is 1. The lowest BCUT2D eigenvalue weighted by molar-refractivity contribution is -0.152. The van der Waals surface area contributed by atoms with E-state index in [-0.39, 0.29) is 23.0 Å². The Hall–Kier alpha value is -2.91. The smallest absolute Gasteiger partial charge is 0.416 e. The van der Waals surface area contributed by atoms with Crippen LogP contribution in [0.25, 0.3) is 10.6 Å². The molecule has 0 fully saturated rings. The predicted molar refractivity (Wildman–Crippen MR) is 124 cm³/mol. The van der Waals surface area contributed by atoms with Crippen LogP contribution in [0.5, 0.6) is 5.75 Å². The highest BCUT2D eigenvalue weighted by Crippen LogP contribution is 2.34. The number of carbonyl (C=O) groups excluding carboxylic acids is 1. The van der Waals surface area contributed by atoms with Crippen LogP contribution in [0.1, 0.15) is 46.8 Å². The molecule has 0 saturated carbocycles. The standard InChI is InChI=1S/C24H21ClF3NO4S/c1-13-20(34-21(29-13)15-6-8-16(9-7-15)24(26,27)28)18(30)10-4-14-5-11-19(17(25)12-14)33-23(2,3)22(31)32/h5-9,11-12H,4,10H2,1-3H3,(H,31,32). The first-order valence-electron chi connectivity index (χ1n) is 10.2. The Morgan fingerprint density at radius 1 is 1.12 bits per heavy atom. The van der Waals surface area contributed by atoms with Crippen molar-refractivity contribution in [2.45, 2.75) is 45.4 Å². The number of ketones is 1. The summed E-state index contributed by atoms with van der Waals surface area (Å²) < 4.78 is 43.8. The van der Waals surface area contributed by atoms with E-state index in [4.69, 9.17) is 16.3 Å². The first-order valence-corrected chi connectivity index (χ1v) is 11.4. The number of ether oxygens (including phenoxy) is 1. The Morgan fingerprint density at radius 3 is 2.32 bits per heavy atom. The van der Waals surface area contributed by atoms with E-state index in [9.17, 15) is 27.9 Å². The first-order chi connectivity index (χ1) is 15.8. The third-order valence-corrected chi connectivity index (χ3v) is 6.57. The van der Waals surface area contributed by atoms with Gasteiger partial charge in [-0.25, -0.2) is 9.78 Å². The Bertz CT molecular complexity index is 1220. The molecule has 2 aromatic carbocycles. The topological polar surface area (TPSA) is 76.5 Å². The number of carbonyl (C=O) groups is 2. The number of benzene rings is 2. The third-order valence-electron chi connectivity index (χ3n) is 5.03. The number of halogens is 4. The zero-order valence-electron chi connectivity index (χ0n) is 18.5. The van der Waals surface area contributed by atoms with Gasteiger partial charge in [-0.1, -0.05) is 29.8 Å². The molecule has 0 amide bonds. The van der Waals surface area contributed by atoms with Gasteiger partial charge < -0.3 is 9.84 Å². The Balaban J connectivity index is 1.68. The van der Waals surface area contributed by atoms with Crippen molar-refractivity contribution in [3.05, 3.63) is 69.2 Å². The molecular weight excluding hydrogens is 491 g/mol. The van der Waals surface area contributed by atoms with Crippen molar-refractivity contribution in [2.75, 3.05) is 0 Å². The second kappa shape index (κ2) is 9.76. The van der Waals surface area contributed by atoms with E-state index in [0.717, 1.165) is 29.0 Å². The molecule has 0 unspecified atom stereocenters. The molecule has 1 heterocycles. The van der Waals surface area contributed by atoms with E-state index < -0.39 is 23.3 Å². The molecule has 1 aromatic heterocycles. The lowest BCUT2D eigenvalue weighted by Crippen LogP contribution is -2.37. The number of hydrogen-bond acceptors (Lipinski definition) is 5. The van der Waals surface area contributed by atoms with E-state index >= 15 is 0 Å². The minimum atomic E-state index is -4.42. The summed E-state index contributed by atoms with van der Waals surface area (Å²) in [6.45, 7) is 4.51. The Kier molecular flexibility index (Phi) is 7.38. The van der Waals surface area contributed by atoms with E-state index in [2.05, 4.69) is 4.98 Å². The van der Waals surface area contributed by atoms with Gasteiger partial charge in [-0.2, -0.15) is 13.2 Å². The monoisotopic (exact) mass is 511 g/mol. The molecule has 10 heteroatoms. The number of alkyl halides is 3. The molecule has 0 saturated heterocycles. The van der Waals surface area contributed by atoms with Crippen molar-refractivity contribution in [1.29, 1.82) is 0 Å².